The van der Waals surface area contributed by atoms with Crippen molar-refractivity contribution in [3.8, 4) is 28.6 Å². The third-order valence-corrected chi connectivity index (χ3v) is 7.16. The number of likely N-dealkylation sites (N-methyl/N-ethyl adjacent to an activating group) is 1. The van der Waals surface area contributed by atoms with Gasteiger partial charge in [-0.2, -0.15) is 0 Å². The molecule has 2 N–H and O–H groups in total. The van der Waals surface area contributed by atoms with Crippen LogP contribution >= 0.6 is 0 Å². The number of benzene rings is 3. The predicted molar refractivity (Wildman–Crippen MR) is 145 cm³/mol. The van der Waals surface area contributed by atoms with Gasteiger partial charge < -0.3 is 29.2 Å². The summed E-state index contributed by atoms with van der Waals surface area (Å²) in [5.41, 5.74) is 1.31. The first-order valence-electron chi connectivity index (χ1n) is 12.5. The number of amides is 1. The molecular weight excluding hydrogens is 484 g/mol. The number of nitrogens with zero attached hydrogens (tertiary/aromatic N) is 2. The molecule has 3 aromatic carbocycles. The summed E-state index contributed by atoms with van der Waals surface area (Å²) < 4.78 is 11.5. The molecule has 4 aromatic rings. The van der Waals surface area contributed by atoms with Crippen molar-refractivity contribution in [1.82, 2.24) is 9.80 Å². The van der Waals surface area contributed by atoms with Crippen molar-refractivity contribution in [2.45, 2.75) is 12.3 Å². The molecule has 2 heterocycles. The van der Waals surface area contributed by atoms with E-state index in [2.05, 4.69) is 4.90 Å². The molecule has 0 spiro atoms. The summed E-state index contributed by atoms with van der Waals surface area (Å²) in [6.07, 6.45) is 0.0444. The molecule has 0 saturated carbocycles. The monoisotopic (exact) mass is 514 g/mol. The highest BCUT2D eigenvalue weighted by atomic mass is 16.5. The minimum Gasteiger partial charge on any atom is -0.507 e. The summed E-state index contributed by atoms with van der Waals surface area (Å²) in [7, 11) is 3.59. The lowest BCUT2D eigenvalue weighted by molar-refractivity contribution is -0.133. The SMILES string of the molecule is COc1ccc([C@H](CC(=O)N2CCN(C)CC2)c2c(O)cc(O)c3c(=O)cc(-c4ccccc4)oc23)cc1. The molecule has 8 nitrogen and oxygen atoms in total. The van der Waals surface area contributed by atoms with Crippen molar-refractivity contribution in [3.05, 3.63) is 88.1 Å². The van der Waals surface area contributed by atoms with Gasteiger partial charge in [0, 0.05) is 61.8 Å². The summed E-state index contributed by atoms with van der Waals surface area (Å²) in [4.78, 5) is 30.7. The van der Waals surface area contributed by atoms with Crippen molar-refractivity contribution in [2.24, 2.45) is 0 Å². The molecule has 0 bridgehead atoms. The molecule has 1 aromatic heterocycles. The second kappa shape index (κ2) is 10.6. The minimum atomic E-state index is -0.648. The zero-order chi connectivity index (χ0) is 26.8. The fourth-order valence-corrected chi connectivity index (χ4v) is 4.99. The van der Waals surface area contributed by atoms with Gasteiger partial charge in [-0.1, -0.05) is 42.5 Å². The lowest BCUT2D eigenvalue weighted by atomic mass is 9.86. The van der Waals surface area contributed by atoms with Crippen LogP contribution in [0, 0.1) is 0 Å². The Morgan fingerprint density at radius 1 is 0.974 bits per heavy atom. The summed E-state index contributed by atoms with van der Waals surface area (Å²) in [6, 6.07) is 18.8. The Hall–Kier alpha value is -4.30. The molecule has 1 aliphatic heterocycles. The van der Waals surface area contributed by atoms with E-state index in [9.17, 15) is 19.8 Å². The second-order valence-corrected chi connectivity index (χ2v) is 9.59. The maximum absolute atomic E-state index is 13.5. The molecule has 0 aliphatic carbocycles. The number of phenolic OH excluding ortho intramolecular Hbond substituents is 2. The molecule has 1 aliphatic rings. The third kappa shape index (κ3) is 4.95. The molecule has 1 atom stereocenters. The fourth-order valence-electron chi connectivity index (χ4n) is 4.99. The Labute approximate surface area is 220 Å². The van der Waals surface area contributed by atoms with Crippen LogP contribution in [0.4, 0.5) is 0 Å². The number of aromatic hydroxyl groups is 2. The Morgan fingerprint density at radius 2 is 1.66 bits per heavy atom. The van der Waals surface area contributed by atoms with Crippen molar-refractivity contribution < 1.29 is 24.2 Å². The molecule has 1 saturated heterocycles. The normalized spacial score (nSPS) is 14.9. The number of phenols is 2. The van der Waals surface area contributed by atoms with Crippen LogP contribution < -0.4 is 10.2 Å². The molecule has 1 fully saturated rings. The standard InChI is InChI=1S/C30H30N2O6/c1-31-12-14-32(15-13-31)27(36)16-22(19-8-10-21(37-2)11-9-19)28-23(33)17-24(34)29-25(35)18-26(38-30(28)29)20-6-4-3-5-7-20/h3-11,17-18,22,33-34H,12-16H2,1-2H3/t22-/m0/s1. The van der Waals surface area contributed by atoms with Gasteiger partial charge >= 0.3 is 0 Å². The van der Waals surface area contributed by atoms with Gasteiger partial charge in [0.25, 0.3) is 0 Å². The van der Waals surface area contributed by atoms with E-state index >= 15 is 0 Å². The van der Waals surface area contributed by atoms with Crippen LogP contribution in [0.15, 0.2) is 75.9 Å². The molecular formula is C30H30N2O6. The maximum atomic E-state index is 13.5. The quantitative estimate of drug-likeness (QED) is 0.398. The van der Waals surface area contributed by atoms with Gasteiger partial charge in [-0.3, -0.25) is 9.59 Å². The number of hydrogen-bond donors (Lipinski definition) is 2. The fraction of sp³-hybridized carbons (Fsp3) is 0.267. The molecule has 196 valence electrons. The van der Waals surface area contributed by atoms with Crippen molar-refractivity contribution in [3.63, 3.8) is 0 Å². The number of carbonyl (C=O) groups is 1. The number of methoxy groups -OCH3 is 1. The number of rotatable bonds is 6. The van der Waals surface area contributed by atoms with Crippen molar-refractivity contribution in [2.75, 3.05) is 40.3 Å². The molecule has 5 rings (SSSR count). The van der Waals surface area contributed by atoms with Gasteiger partial charge in [0.15, 0.2) is 5.43 Å². The summed E-state index contributed by atoms with van der Waals surface area (Å²) in [5, 5.41) is 21.7. The number of ether oxygens (including phenoxy) is 1. The van der Waals surface area contributed by atoms with Gasteiger partial charge in [-0.05, 0) is 24.7 Å². The van der Waals surface area contributed by atoms with Gasteiger partial charge in [0.1, 0.15) is 34.0 Å². The zero-order valence-electron chi connectivity index (χ0n) is 21.4. The van der Waals surface area contributed by atoms with Crippen LogP contribution in [0.3, 0.4) is 0 Å². The molecule has 0 radical (unpaired) electrons. The average molecular weight is 515 g/mol. The van der Waals surface area contributed by atoms with Gasteiger partial charge in [0.05, 0.1) is 7.11 Å². The maximum Gasteiger partial charge on any atom is 0.223 e. The minimum absolute atomic E-state index is 0.0389. The Morgan fingerprint density at radius 3 is 2.32 bits per heavy atom. The summed E-state index contributed by atoms with van der Waals surface area (Å²) in [6.45, 7) is 2.78. The Balaban J connectivity index is 1.68. The topological polar surface area (TPSA) is 103 Å². The van der Waals surface area contributed by atoms with Crippen LogP contribution in [0.5, 0.6) is 17.2 Å². The molecule has 8 heteroatoms. The largest absolute Gasteiger partial charge is 0.507 e. The van der Waals surface area contributed by atoms with Crippen LogP contribution in [0.1, 0.15) is 23.5 Å². The number of piperazine rings is 1. The highest BCUT2D eigenvalue weighted by Gasteiger charge is 2.30. The van der Waals surface area contributed by atoms with Crippen molar-refractivity contribution >= 4 is 16.9 Å². The first-order valence-corrected chi connectivity index (χ1v) is 12.5. The first-order chi connectivity index (χ1) is 18.4. The van der Waals surface area contributed by atoms with E-state index in [1.807, 2.05) is 54.4 Å². The van der Waals surface area contributed by atoms with E-state index in [-0.39, 0.29) is 40.4 Å². The van der Waals surface area contributed by atoms with E-state index in [0.717, 1.165) is 24.7 Å². The van der Waals surface area contributed by atoms with E-state index in [1.54, 1.807) is 19.2 Å². The Kier molecular flexibility index (Phi) is 7.07. The third-order valence-electron chi connectivity index (χ3n) is 7.16. The number of hydrogen-bond acceptors (Lipinski definition) is 7. The van der Waals surface area contributed by atoms with E-state index in [1.165, 1.54) is 6.07 Å². The molecule has 1 amide bonds. The molecule has 0 unspecified atom stereocenters. The van der Waals surface area contributed by atoms with Crippen LogP contribution in [0.2, 0.25) is 0 Å². The smallest absolute Gasteiger partial charge is 0.223 e. The van der Waals surface area contributed by atoms with Crippen molar-refractivity contribution in [1.29, 1.82) is 0 Å². The molecule has 38 heavy (non-hydrogen) atoms. The van der Waals surface area contributed by atoms with Gasteiger partial charge in [-0.15, -0.1) is 0 Å². The highest BCUT2D eigenvalue weighted by Crippen LogP contribution is 2.43. The average Bonchev–Trinajstić information content (AvgIpc) is 2.92. The Bertz CT molecular complexity index is 1510. The van der Waals surface area contributed by atoms with Crippen LogP contribution in [-0.2, 0) is 4.79 Å². The van der Waals surface area contributed by atoms with Gasteiger partial charge in [0.2, 0.25) is 5.91 Å². The lowest BCUT2D eigenvalue weighted by Gasteiger charge is -2.33. The van der Waals surface area contributed by atoms with Crippen LogP contribution in [-0.4, -0.2) is 66.3 Å². The van der Waals surface area contributed by atoms with E-state index < -0.39 is 11.3 Å². The highest BCUT2D eigenvalue weighted by molar-refractivity contribution is 5.91. The van der Waals surface area contributed by atoms with E-state index in [0.29, 0.717) is 30.2 Å². The lowest BCUT2D eigenvalue weighted by Crippen LogP contribution is -2.47. The number of carbonyl (C=O) groups excluding carboxylic acids is 1. The zero-order valence-corrected chi connectivity index (χ0v) is 21.4. The van der Waals surface area contributed by atoms with Crippen LogP contribution in [0.25, 0.3) is 22.3 Å². The number of fused-ring (bicyclic) bond motifs is 1. The first kappa shape index (κ1) is 25.4. The van der Waals surface area contributed by atoms with Gasteiger partial charge in [-0.25, -0.2) is 0 Å². The summed E-state index contributed by atoms with van der Waals surface area (Å²) >= 11 is 0. The summed E-state index contributed by atoms with van der Waals surface area (Å²) in [5.74, 6) is -0.404. The van der Waals surface area contributed by atoms with E-state index in [4.69, 9.17) is 9.15 Å². The second-order valence-electron chi connectivity index (χ2n) is 9.59. The predicted octanol–water partition coefficient (Wildman–Crippen LogP) is 4.18.